The summed E-state index contributed by atoms with van der Waals surface area (Å²) in [5.41, 5.74) is 1.36. The van der Waals surface area contributed by atoms with E-state index < -0.39 is 0 Å². The van der Waals surface area contributed by atoms with Crippen molar-refractivity contribution in [2.45, 2.75) is 0 Å². The molecule has 0 aliphatic carbocycles. The van der Waals surface area contributed by atoms with Gasteiger partial charge in [0.2, 0.25) is 0 Å². The number of hydrogen-bond donors (Lipinski definition) is 2. The fourth-order valence-corrected chi connectivity index (χ4v) is 3.00. The van der Waals surface area contributed by atoms with E-state index in [2.05, 4.69) is 15.5 Å². The summed E-state index contributed by atoms with van der Waals surface area (Å²) in [7, 11) is 1.55. The number of amides is 2. The van der Waals surface area contributed by atoms with Crippen molar-refractivity contribution in [2.24, 2.45) is 0 Å². The van der Waals surface area contributed by atoms with Gasteiger partial charge in [-0.15, -0.1) is 0 Å². The average molecular weight is 383 g/mol. The molecule has 1 aliphatic heterocycles. The lowest BCUT2D eigenvalue weighted by Gasteiger charge is -2.26. The molecule has 2 N–H and O–H groups in total. The first-order chi connectivity index (χ1) is 13.7. The van der Waals surface area contributed by atoms with Crippen LogP contribution in [0.5, 0.6) is 5.75 Å². The molecule has 1 saturated heterocycles. The number of rotatable bonds is 7. The first kappa shape index (κ1) is 19.9. The lowest BCUT2D eigenvalue weighted by atomic mass is 10.1. The Kier molecular flexibility index (Phi) is 7.00. The van der Waals surface area contributed by atoms with Gasteiger partial charge in [-0.05, 0) is 30.3 Å². The molecule has 2 amide bonds. The zero-order chi connectivity index (χ0) is 19.8. The van der Waals surface area contributed by atoms with Crippen molar-refractivity contribution >= 4 is 17.5 Å². The van der Waals surface area contributed by atoms with Gasteiger partial charge in [-0.25, -0.2) is 0 Å². The van der Waals surface area contributed by atoms with E-state index >= 15 is 0 Å². The summed E-state index contributed by atoms with van der Waals surface area (Å²) in [6.07, 6.45) is 0. The Morgan fingerprint density at radius 2 is 1.86 bits per heavy atom. The SMILES string of the molecule is COc1cccc(C(=O)Nc2ccccc2C(=O)NCCN2CCOCC2)c1. The van der Waals surface area contributed by atoms with Gasteiger partial charge in [0.05, 0.1) is 31.6 Å². The van der Waals surface area contributed by atoms with Crippen molar-refractivity contribution in [1.82, 2.24) is 10.2 Å². The van der Waals surface area contributed by atoms with Crippen molar-refractivity contribution in [2.75, 3.05) is 51.8 Å². The van der Waals surface area contributed by atoms with Crippen LogP contribution in [0.25, 0.3) is 0 Å². The number of ether oxygens (including phenoxy) is 2. The molecule has 0 unspecified atom stereocenters. The fourth-order valence-electron chi connectivity index (χ4n) is 3.00. The van der Waals surface area contributed by atoms with Crippen LogP contribution in [0.4, 0.5) is 5.69 Å². The fraction of sp³-hybridized carbons (Fsp3) is 0.333. The van der Waals surface area contributed by atoms with Crippen LogP contribution < -0.4 is 15.4 Å². The van der Waals surface area contributed by atoms with Crippen molar-refractivity contribution in [3.63, 3.8) is 0 Å². The van der Waals surface area contributed by atoms with Crippen LogP contribution >= 0.6 is 0 Å². The van der Waals surface area contributed by atoms with Crippen molar-refractivity contribution in [3.8, 4) is 5.75 Å². The highest BCUT2D eigenvalue weighted by atomic mass is 16.5. The molecule has 1 heterocycles. The van der Waals surface area contributed by atoms with Crippen LogP contribution in [0.1, 0.15) is 20.7 Å². The maximum atomic E-state index is 12.6. The van der Waals surface area contributed by atoms with Gasteiger partial charge < -0.3 is 20.1 Å². The highest BCUT2D eigenvalue weighted by molar-refractivity contribution is 6.09. The van der Waals surface area contributed by atoms with E-state index in [1.54, 1.807) is 55.6 Å². The first-order valence-corrected chi connectivity index (χ1v) is 9.30. The summed E-state index contributed by atoms with van der Waals surface area (Å²) in [6, 6.07) is 13.8. The first-order valence-electron chi connectivity index (χ1n) is 9.30. The molecule has 1 aliphatic rings. The zero-order valence-electron chi connectivity index (χ0n) is 15.9. The minimum absolute atomic E-state index is 0.213. The molecule has 148 valence electrons. The molecule has 3 rings (SSSR count). The number of carbonyl (C=O) groups excluding carboxylic acids is 2. The number of hydrogen-bond acceptors (Lipinski definition) is 5. The number of benzene rings is 2. The van der Waals surface area contributed by atoms with Crippen LogP contribution in [0, 0.1) is 0 Å². The number of morpholine rings is 1. The van der Waals surface area contributed by atoms with Crippen LogP contribution in [0.2, 0.25) is 0 Å². The largest absolute Gasteiger partial charge is 0.497 e. The number of para-hydroxylation sites is 1. The monoisotopic (exact) mass is 383 g/mol. The second-order valence-electron chi connectivity index (χ2n) is 6.44. The van der Waals surface area contributed by atoms with Crippen molar-refractivity contribution in [3.05, 3.63) is 59.7 Å². The summed E-state index contributed by atoms with van der Waals surface area (Å²) in [5.74, 6) is 0.0871. The number of anilines is 1. The molecule has 7 heteroatoms. The van der Waals surface area contributed by atoms with Crippen molar-refractivity contribution < 1.29 is 19.1 Å². The van der Waals surface area contributed by atoms with Crippen LogP contribution in [-0.2, 0) is 4.74 Å². The highest BCUT2D eigenvalue weighted by Crippen LogP contribution is 2.18. The summed E-state index contributed by atoms with van der Waals surface area (Å²) in [6.45, 7) is 4.52. The van der Waals surface area contributed by atoms with E-state index in [1.807, 2.05) is 0 Å². The number of carbonyl (C=O) groups is 2. The quantitative estimate of drug-likeness (QED) is 0.765. The van der Waals surface area contributed by atoms with Gasteiger partial charge in [0.25, 0.3) is 11.8 Å². The molecular formula is C21H25N3O4. The molecule has 0 bridgehead atoms. The molecule has 0 spiro atoms. The molecule has 0 saturated carbocycles. The molecule has 28 heavy (non-hydrogen) atoms. The third-order valence-corrected chi connectivity index (χ3v) is 4.57. The predicted octanol–water partition coefficient (Wildman–Crippen LogP) is 2.01. The average Bonchev–Trinajstić information content (AvgIpc) is 2.75. The molecule has 2 aromatic rings. The maximum absolute atomic E-state index is 12.6. The van der Waals surface area contributed by atoms with Gasteiger partial charge in [0.15, 0.2) is 0 Å². The number of nitrogens with one attached hydrogen (secondary N) is 2. The number of methoxy groups -OCH3 is 1. The van der Waals surface area contributed by atoms with Gasteiger partial charge in [0.1, 0.15) is 5.75 Å². The summed E-state index contributed by atoms with van der Waals surface area (Å²) in [4.78, 5) is 27.4. The smallest absolute Gasteiger partial charge is 0.255 e. The van der Waals surface area contributed by atoms with Gasteiger partial charge in [-0.2, -0.15) is 0 Å². The summed E-state index contributed by atoms with van der Waals surface area (Å²) >= 11 is 0. The molecule has 0 radical (unpaired) electrons. The minimum atomic E-state index is -0.299. The van der Waals surface area contributed by atoms with Gasteiger partial charge in [0, 0.05) is 31.7 Å². The van der Waals surface area contributed by atoms with E-state index in [9.17, 15) is 9.59 Å². The van der Waals surface area contributed by atoms with Crippen LogP contribution in [-0.4, -0.2) is 63.2 Å². The predicted molar refractivity (Wildman–Crippen MR) is 107 cm³/mol. The van der Waals surface area contributed by atoms with E-state index in [-0.39, 0.29) is 11.8 Å². The topological polar surface area (TPSA) is 79.9 Å². The third-order valence-electron chi connectivity index (χ3n) is 4.57. The molecule has 7 nitrogen and oxygen atoms in total. The Bertz CT molecular complexity index is 819. The van der Waals surface area contributed by atoms with E-state index in [1.165, 1.54) is 0 Å². The standard InChI is InChI=1S/C21H25N3O4/c1-27-17-6-4-5-16(15-17)20(25)23-19-8-3-2-7-18(19)21(26)22-9-10-24-11-13-28-14-12-24/h2-8,15H,9-14H2,1H3,(H,22,26)(H,23,25). The van der Waals surface area contributed by atoms with Gasteiger partial charge in [-0.3, -0.25) is 14.5 Å². The van der Waals surface area contributed by atoms with Crippen LogP contribution in [0.15, 0.2) is 48.5 Å². The normalized spacial score (nSPS) is 14.3. The summed E-state index contributed by atoms with van der Waals surface area (Å²) < 4.78 is 10.5. The van der Waals surface area contributed by atoms with Gasteiger partial charge in [-0.1, -0.05) is 18.2 Å². The Balaban J connectivity index is 1.61. The van der Waals surface area contributed by atoms with Crippen molar-refractivity contribution in [1.29, 1.82) is 0 Å². The molecule has 0 atom stereocenters. The summed E-state index contributed by atoms with van der Waals surface area (Å²) in [5, 5.41) is 5.74. The Morgan fingerprint density at radius 1 is 1.07 bits per heavy atom. The molecular weight excluding hydrogens is 358 g/mol. The Morgan fingerprint density at radius 3 is 2.64 bits per heavy atom. The second-order valence-corrected chi connectivity index (χ2v) is 6.44. The Labute approximate surface area is 164 Å². The maximum Gasteiger partial charge on any atom is 0.255 e. The lowest BCUT2D eigenvalue weighted by Crippen LogP contribution is -2.41. The third kappa shape index (κ3) is 5.31. The Hall–Kier alpha value is -2.90. The van der Waals surface area contributed by atoms with E-state index in [0.29, 0.717) is 29.1 Å². The van der Waals surface area contributed by atoms with E-state index in [4.69, 9.17) is 9.47 Å². The van der Waals surface area contributed by atoms with E-state index in [0.717, 1.165) is 32.8 Å². The number of nitrogens with zero attached hydrogens (tertiary/aromatic N) is 1. The van der Waals surface area contributed by atoms with Crippen LogP contribution in [0.3, 0.4) is 0 Å². The molecule has 2 aromatic carbocycles. The zero-order valence-corrected chi connectivity index (χ0v) is 15.9. The highest BCUT2D eigenvalue weighted by Gasteiger charge is 2.15. The van der Waals surface area contributed by atoms with Gasteiger partial charge >= 0.3 is 0 Å². The molecule has 1 fully saturated rings. The lowest BCUT2D eigenvalue weighted by molar-refractivity contribution is 0.0383. The molecule has 0 aromatic heterocycles. The minimum Gasteiger partial charge on any atom is -0.497 e. The second kappa shape index (κ2) is 9.87.